The van der Waals surface area contributed by atoms with Crippen molar-refractivity contribution in [2.45, 2.75) is 44.9 Å². The van der Waals surface area contributed by atoms with Gasteiger partial charge in [0, 0.05) is 59.2 Å². The zero-order chi connectivity index (χ0) is 31.7. The number of pyridine rings is 1. The molecule has 3 aromatic rings. The van der Waals surface area contributed by atoms with Gasteiger partial charge in [-0.05, 0) is 67.7 Å². The van der Waals surface area contributed by atoms with E-state index in [1.807, 2.05) is 17.8 Å². The molecule has 4 aliphatic rings. The quantitative estimate of drug-likeness (QED) is 0.296. The average Bonchev–Trinajstić information content (AvgIpc) is 3.56. The molecule has 6 nitrogen and oxygen atoms in total. The summed E-state index contributed by atoms with van der Waals surface area (Å²) in [5.41, 5.74) is 9.83. The Labute approximate surface area is 277 Å². The number of ether oxygens (including phenoxy) is 1. The van der Waals surface area contributed by atoms with Gasteiger partial charge in [-0.25, -0.2) is 4.98 Å². The van der Waals surface area contributed by atoms with Gasteiger partial charge in [0.15, 0.2) is 0 Å². The Morgan fingerprint density at radius 2 is 1.85 bits per heavy atom. The van der Waals surface area contributed by atoms with Crippen LogP contribution in [0.25, 0.3) is 22.5 Å². The third-order valence-electron chi connectivity index (χ3n) is 9.47. The average molecular weight is 628 g/mol. The second-order valence-corrected chi connectivity index (χ2v) is 13.7. The molecular weight excluding hydrogens is 587 g/mol. The molecule has 1 fully saturated rings. The predicted molar refractivity (Wildman–Crippen MR) is 193 cm³/mol. The molecule has 7 heteroatoms. The Morgan fingerprint density at radius 3 is 2.57 bits per heavy atom. The lowest BCUT2D eigenvalue weighted by atomic mass is 9.90. The predicted octanol–water partition coefficient (Wildman–Crippen LogP) is 7.05. The Balaban J connectivity index is 1.06. The van der Waals surface area contributed by atoms with Crippen molar-refractivity contribution in [2.24, 2.45) is 4.99 Å². The molecule has 46 heavy (non-hydrogen) atoms. The first-order valence-corrected chi connectivity index (χ1v) is 17.3. The van der Waals surface area contributed by atoms with Gasteiger partial charge in [0.2, 0.25) is 0 Å². The number of methoxy groups -OCH3 is 1. The molecule has 0 spiro atoms. The van der Waals surface area contributed by atoms with E-state index in [0.717, 1.165) is 77.8 Å². The highest BCUT2D eigenvalue weighted by molar-refractivity contribution is 7.99. The number of rotatable bonds is 6. The smallest absolute Gasteiger partial charge is 0.138 e. The van der Waals surface area contributed by atoms with Crippen LogP contribution in [-0.2, 0) is 6.54 Å². The van der Waals surface area contributed by atoms with Gasteiger partial charge in [0.05, 0.1) is 25.5 Å². The van der Waals surface area contributed by atoms with E-state index in [2.05, 4.69) is 114 Å². The zero-order valence-electron chi connectivity index (χ0n) is 27.0. The Bertz CT molecular complexity index is 1810. The van der Waals surface area contributed by atoms with Gasteiger partial charge in [-0.1, -0.05) is 67.0 Å². The van der Waals surface area contributed by atoms with Gasteiger partial charge in [-0.3, -0.25) is 10.3 Å². The topological polar surface area (TPSA) is 53.0 Å². The molecule has 1 aromatic heterocycles. The molecule has 1 saturated heterocycles. The lowest BCUT2D eigenvalue weighted by Crippen LogP contribution is -2.54. The number of fused-ring (bicyclic) bond motifs is 1. The van der Waals surface area contributed by atoms with Gasteiger partial charge < -0.3 is 14.5 Å². The maximum Gasteiger partial charge on any atom is 0.138 e. The van der Waals surface area contributed by atoms with Gasteiger partial charge in [-0.15, -0.1) is 0 Å². The molecular formula is C39H41N5OS. The van der Waals surface area contributed by atoms with Crippen LogP contribution in [0.1, 0.15) is 43.4 Å². The van der Waals surface area contributed by atoms with E-state index in [0.29, 0.717) is 6.54 Å². The van der Waals surface area contributed by atoms with Crippen LogP contribution in [0.3, 0.4) is 0 Å². The summed E-state index contributed by atoms with van der Waals surface area (Å²) in [7, 11) is 1.70. The van der Waals surface area contributed by atoms with Crippen molar-refractivity contribution < 1.29 is 4.74 Å². The number of hydrogen-bond donors (Lipinski definition) is 1. The van der Waals surface area contributed by atoms with Crippen molar-refractivity contribution >= 4 is 34.6 Å². The number of benzene rings is 2. The molecule has 0 bridgehead atoms. The SMILES string of the molecule is C=C1c2cc(OC)ccc2CN1CC1(C#CC2=CC=C(c3ccc(-c4cccc(N5CCSCC5)n4)cc3)CC2)NC(C)N=C1C. The Kier molecular flexibility index (Phi) is 8.50. The largest absolute Gasteiger partial charge is 0.497 e. The number of nitrogens with zero attached hydrogens (tertiary/aromatic N) is 4. The fourth-order valence-corrected chi connectivity index (χ4v) is 7.70. The standard InChI is InChI=1S/C39H41N5OS/c1-27-36-24-35(45-4)17-16-34(36)25-44(27)26-39(28(2)40-29(3)42-39)19-18-30-8-10-31(11-9-30)32-12-14-33(15-13-32)37-6-5-7-38(41-37)43-20-22-46-23-21-43/h5-8,10,12-17,24,29,42H,1,9,11,20-23,25-26H2,2-4H3. The molecule has 1 aliphatic carbocycles. The highest BCUT2D eigenvalue weighted by Gasteiger charge is 2.41. The van der Waals surface area contributed by atoms with E-state index < -0.39 is 5.54 Å². The second-order valence-electron chi connectivity index (χ2n) is 12.5. The molecule has 2 unspecified atom stereocenters. The van der Waals surface area contributed by atoms with E-state index in [1.165, 1.54) is 28.2 Å². The first-order valence-electron chi connectivity index (χ1n) is 16.2. The van der Waals surface area contributed by atoms with Crippen LogP contribution in [0.5, 0.6) is 5.75 Å². The van der Waals surface area contributed by atoms with Gasteiger partial charge in [-0.2, -0.15) is 11.8 Å². The summed E-state index contributed by atoms with van der Waals surface area (Å²) >= 11 is 2.02. The lowest BCUT2D eigenvalue weighted by molar-refractivity contribution is 0.340. The fourth-order valence-electron chi connectivity index (χ4n) is 6.79. The van der Waals surface area contributed by atoms with Gasteiger partial charge in [0.1, 0.15) is 17.1 Å². The molecule has 2 aromatic carbocycles. The number of anilines is 1. The van der Waals surface area contributed by atoms with Crippen LogP contribution in [-0.4, -0.2) is 65.6 Å². The lowest BCUT2D eigenvalue weighted by Gasteiger charge is -2.32. The van der Waals surface area contributed by atoms with Crippen LogP contribution in [0.4, 0.5) is 5.82 Å². The number of aliphatic imine (C=N–C) groups is 1. The summed E-state index contributed by atoms with van der Waals surface area (Å²) < 4.78 is 5.47. The second kappa shape index (κ2) is 12.9. The van der Waals surface area contributed by atoms with Crippen molar-refractivity contribution in [3.05, 3.63) is 102 Å². The van der Waals surface area contributed by atoms with Crippen molar-refractivity contribution in [3.63, 3.8) is 0 Å². The summed E-state index contributed by atoms with van der Waals surface area (Å²) in [4.78, 5) is 14.6. The molecule has 0 amide bonds. The van der Waals surface area contributed by atoms with E-state index in [1.54, 1.807) is 7.11 Å². The first kappa shape index (κ1) is 30.4. The minimum Gasteiger partial charge on any atom is -0.497 e. The van der Waals surface area contributed by atoms with Crippen LogP contribution in [0, 0.1) is 11.8 Å². The third-order valence-corrected chi connectivity index (χ3v) is 10.4. The summed E-state index contributed by atoms with van der Waals surface area (Å²) in [6.45, 7) is 12.2. The highest BCUT2D eigenvalue weighted by Crippen LogP contribution is 2.36. The Morgan fingerprint density at radius 1 is 1.04 bits per heavy atom. The van der Waals surface area contributed by atoms with E-state index in [-0.39, 0.29) is 6.17 Å². The molecule has 234 valence electrons. The normalized spacial score (nSPS) is 22.5. The van der Waals surface area contributed by atoms with Gasteiger partial charge in [0.25, 0.3) is 0 Å². The van der Waals surface area contributed by atoms with Gasteiger partial charge >= 0.3 is 0 Å². The minimum absolute atomic E-state index is 0.0176. The summed E-state index contributed by atoms with van der Waals surface area (Å²) in [6, 6.07) is 21.5. The van der Waals surface area contributed by atoms with E-state index in [9.17, 15) is 0 Å². The van der Waals surface area contributed by atoms with Crippen LogP contribution >= 0.6 is 11.8 Å². The van der Waals surface area contributed by atoms with Crippen LogP contribution < -0.4 is 15.0 Å². The zero-order valence-corrected chi connectivity index (χ0v) is 27.8. The monoisotopic (exact) mass is 627 g/mol. The molecule has 7 rings (SSSR count). The molecule has 4 heterocycles. The molecule has 2 atom stereocenters. The maximum absolute atomic E-state index is 5.47. The van der Waals surface area contributed by atoms with Crippen LogP contribution in [0.2, 0.25) is 0 Å². The number of hydrogen-bond acceptors (Lipinski definition) is 7. The summed E-state index contributed by atoms with van der Waals surface area (Å²) in [5, 5.41) is 3.69. The van der Waals surface area contributed by atoms with Crippen molar-refractivity contribution in [2.75, 3.05) is 43.1 Å². The highest BCUT2D eigenvalue weighted by atomic mass is 32.2. The summed E-state index contributed by atoms with van der Waals surface area (Å²) in [5.74, 6) is 11.5. The minimum atomic E-state index is -0.534. The number of aromatic nitrogens is 1. The number of thioether (sulfide) groups is 1. The number of nitrogens with one attached hydrogen (secondary N) is 1. The summed E-state index contributed by atoms with van der Waals surface area (Å²) in [6.07, 6.45) is 6.33. The van der Waals surface area contributed by atoms with Crippen molar-refractivity contribution in [1.29, 1.82) is 0 Å². The first-order chi connectivity index (χ1) is 22.4. The molecule has 1 N–H and O–H groups in total. The Hall–Kier alpha value is -4.25. The fraction of sp³-hybridized carbons (Fsp3) is 0.333. The number of allylic oxidation sites excluding steroid dienone is 4. The van der Waals surface area contributed by atoms with E-state index >= 15 is 0 Å². The molecule has 3 aliphatic heterocycles. The van der Waals surface area contributed by atoms with Crippen molar-refractivity contribution in [1.82, 2.24) is 15.2 Å². The molecule has 0 radical (unpaired) electrons. The van der Waals surface area contributed by atoms with E-state index in [4.69, 9.17) is 14.7 Å². The van der Waals surface area contributed by atoms with Crippen LogP contribution in [0.15, 0.2) is 90.0 Å². The third kappa shape index (κ3) is 6.12. The molecule has 0 saturated carbocycles. The van der Waals surface area contributed by atoms with Crippen molar-refractivity contribution in [3.8, 4) is 28.8 Å². The maximum atomic E-state index is 5.47.